The second kappa shape index (κ2) is 8.81. The van der Waals surface area contributed by atoms with Crippen LogP contribution in [0.1, 0.15) is 34.1 Å². The van der Waals surface area contributed by atoms with Crippen molar-refractivity contribution in [3.8, 4) is 0 Å². The summed E-state index contributed by atoms with van der Waals surface area (Å²) in [5.41, 5.74) is 8.30. The standard InChI is InChI=1S/C23H22ClN3O3/c24-16-5-3-4-15(12-16)8-9-22(28)27-10-11-30-21(14-27)20-13-18(23(25)29)17-6-1-2-7-19(17)26-20/h1-7,12-13,21H,8-11,14H2,(H2,25,29)/t21-/m0/s1. The number of nitrogens with zero attached hydrogens (tertiary/aromatic N) is 2. The van der Waals surface area contributed by atoms with Gasteiger partial charge in [0.15, 0.2) is 0 Å². The highest BCUT2D eigenvalue weighted by atomic mass is 35.5. The topological polar surface area (TPSA) is 85.5 Å². The van der Waals surface area contributed by atoms with E-state index in [9.17, 15) is 9.59 Å². The molecule has 30 heavy (non-hydrogen) atoms. The molecule has 0 radical (unpaired) electrons. The number of ether oxygens (including phenoxy) is 1. The summed E-state index contributed by atoms with van der Waals surface area (Å²) in [5.74, 6) is -0.459. The van der Waals surface area contributed by atoms with Crippen LogP contribution in [0.2, 0.25) is 5.02 Å². The van der Waals surface area contributed by atoms with E-state index in [2.05, 4.69) is 4.98 Å². The predicted octanol–water partition coefficient (Wildman–Crippen LogP) is 3.52. The van der Waals surface area contributed by atoms with Gasteiger partial charge in [0.05, 0.1) is 29.9 Å². The van der Waals surface area contributed by atoms with Crippen LogP contribution in [-0.2, 0) is 16.0 Å². The number of carbonyl (C=O) groups excluding carboxylic acids is 2. The SMILES string of the molecule is NC(=O)c1cc([C@@H]2CN(C(=O)CCc3cccc(Cl)c3)CCO2)nc2ccccc12. The molecule has 0 unspecified atom stereocenters. The largest absolute Gasteiger partial charge is 0.368 e. The summed E-state index contributed by atoms with van der Waals surface area (Å²) in [6, 6.07) is 16.6. The quantitative estimate of drug-likeness (QED) is 0.680. The van der Waals surface area contributed by atoms with E-state index >= 15 is 0 Å². The molecule has 1 saturated heterocycles. The molecule has 7 heteroatoms. The first-order chi connectivity index (χ1) is 14.5. The highest BCUT2D eigenvalue weighted by molar-refractivity contribution is 6.30. The predicted molar refractivity (Wildman–Crippen MR) is 115 cm³/mol. The Bertz CT molecular complexity index is 1100. The Labute approximate surface area is 179 Å². The maximum atomic E-state index is 12.8. The first kappa shape index (κ1) is 20.3. The number of para-hydroxylation sites is 1. The molecule has 1 aliphatic heterocycles. The van der Waals surface area contributed by atoms with Crippen LogP contribution < -0.4 is 5.73 Å². The van der Waals surface area contributed by atoms with Crippen molar-refractivity contribution in [2.45, 2.75) is 18.9 Å². The van der Waals surface area contributed by atoms with E-state index in [0.717, 1.165) is 5.56 Å². The van der Waals surface area contributed by atoms with Gasteiger partial charge in [-0.1, -0.05) is 41.9 Å². The van der Waals surface area contributed by atoms with Crippen LogP contribution >= 0.6 is 11.6 Å². The molecule has 6 nitrogen and oxygen atoms in total. The number of aromatic nitrogens is 1. The van der Waals surface area contributed by atoms with Gasteiger partial charge in [0.1, 0.15) is 6.10 Å². The van der Waals surface area contributed by atoms with Crippen molar-refractivity contribution in [1.29, 1.82) is 0 Å². The number of halogens is 1. The van der Waals surface area contributed by atoms with Crippen molar-refractivity contribution in [1.82, 2.24) is 9.88 Å². The lowest BCUT2D eigenvalue weighted by Gasteiger charge is -2.33. The third kappa shape index (κ3) is 4.45. The molecule has 1 atom stereocenters. The second-order valence-corrected chi connectivity index (χ2v) is 7.74. The van der Waals surface area contributed by atoms with Crippen LogP contribution in [0.4, 0.5) is 0 Å². The maximum absolute atomic E-state index is 12.8. The number of aryl methyl sites for hydroxylation is 1. The maximum Gasteiger partial charge on any atom is 0.249 e. The molecule has 1 fully saturated rings. The van der Waals surface area contributed by atoms with Crippen molar-refractivity contribution in [2.24, 2.45) is 5.73 Å². The minimum Gasteiger partial charge on any atom is -0.368 e. The number of hydrogen-bond acceptors (Lipinski definition) is 4. The first-order valence-corrected chi connectivity index (χ1v) is 10.2. The summed E-state index contributed by atoms with van der Waals surface area (Å²) < 4.78 is 5.88. The number of amides is 2. The highest BCUT2D eigenvalue weighted by Crippen LogP contribution is 2.26. The molecular weight excluding hydrogens is 402 g/mol. The molecule has 0 spiro atoms. The lowest BCUT2D eigenvalue weighted by molar-refractivity contribution is -0.139. The summed E-state index contributed by atoms with van der Waals surface area (Å²) >= 11 is 6.02. The molecule has 0 aliphatic carbocycles. The average Bonchev–Trinajstić information content (AvgIpc) is 2.76. The highest BCUT2D eigenvalue weighted by Gasteiger charge is 2.27. The molecular formula is C23H22ClN3O3. The number of rotatable bonds is 5. The zero-order chi connectivity index (χ0) is 21.1. The lowest BCUT2D eigenvalue weighted by Crippen LogP contribution is -2.42. The van der Waals surface area contributed by atoms with E-state index in [1.807, 2.05) is 48.5 Å². The van der Waals surface area contributed by atoms with Gasteiger partial charge >= 0.3 is 0 Å². The van der Waals surface area contributed by atoms with Crippen LogP contribution in [0.25, 0.3) is 10.9 Å². The minimum atomic E-state index is -0.514. The van der Waals surface area contributed by atoms with Crippen molar-refractivity contribution >= 4 is 34.3 Å². The third-order valence-electron chi connectivity index (χ3n) is 5.27. The molecule has 2 heterocycles. The second-order valence-electron chi connectivity index (χ2n) is 7.31. The van der Waals surface area contributed by atoms with Crippen LogP contribution in [0.5, 0.6) is 0 Å². The summed E-state index contributed by atoms with van der Waals surface area (Å²) in [7, 11) is 0. The van der Waals surface area contributed by atoms with Gasteiger partial charge in [-0.2, -0.15) is 0 Å². The number of primary amides is 1. The van der Waals surface area contributed by atoms with Gasteiger partial charge in [0.25, 0.3) is 0 Å². The zero-order valence-electron chi connectivity index (χ0n) is 16.4. The molecule has 2 N–H and O–H groups in total. The Morgan fingerprint density at radius 1 is 1.17 bits per heavy atom. The van der Waals surface area contributed by atoms with Gasteiger partial charge < -0.3 is 15.4 Å². The fourth-order valence-corrected chi connectivity index (χ4v) is 3.93. The van der Waals surface area contributed by atoms with E-state index in [1.54, 1.807) is 11.0 Å². The minimum absolute atomic E-state index is 0.0548. The van der Waals surface area contributed by atoms with Crippen LogP contribution in [0.3, 0.4) is 0 Å². The smallest absolute Gasteiger partial charge is 0.249 e. The summed E-state index contributed by atoms with van der Waals surface area (Å²) in [6.07, 6.45) is 0.614. The lowest BCUT2D eigenvalue weighted by atomic mass is 10.0. The Balaban J connectivity index is 1.49. The van der Waals surface area contributed by atoms with Crippen LogP contribution in [-0.4, -0.2) is 41.4 Å². The third-order valence-corrected chi connectivity index (χ3v) is 5.50. The number of morpholine rings is 1. The van der Waals surface area contributed by atoms with Crippen molar-refractivity contribution in [2.75, 3.05) is 19.7 Å². The van der Waals surface area contributed by atoms with Crippen LogP contribution in [0, 0.1) is 0 Å². The van der Waals surface area contributed by atoms with E-state index in [0.29, 0.717) is 59.7 Å². The molecule has 4 rings (SSSR count). The van der Waals surface area contributed by atoms with E-state index in [4.69, 9.17) is 22.1 Å². The van der Waals surface area contributed by atoms with E-state index < -0.39 is 12.0 Å². The number of hydrogen-bond donors (Lipinski definition) is 1. The first-order valence-electron chi connectivity index (χ1n) is 9.84. The molecule has 0 saturated carbocycles. The summed E-state index contributed by atoms with van der Waals surface area (Å²) in [5, 5.41) is 1.37. The monoisotopic (exact) mass is 423 g/mol. The van der Waals surface area contributed by atoms with Crippen molar-refractivity contribution < 1.29 is 14.3 Å². The van der Waals surface area contributed by atoms with Gasteiger partial charge in [-0.3, -0.25) is 9.59 Å². The van der Waals surface area contributed by atoms with E-state index in [1.165, 1.54) is 0 Å². The van der Waals surface area contributed by atoms with Crippen molar-refractivity contribution in [3.63, 3.8) is 0 Å². The van der Waals surface area contributed by atoms with Gasteiger partial charge in [0.2, 0.25) is 11.8 Å². The van der Waals surface area contributed by atoms with Gasteiger partial charge in [-0.25, -0.2) is 4.98 Å². The van der Waals surface area contributed by atoms with Gasteiger partial charge in [-0.15, -0.1) is 0 Å². The van der Waals surface area contributed by atoms with Gasteiger partial charge in [-0.05, 0) is 36.2 Å². The average molecular weight is 424 g/mol. The Kier molecular flexibility index (Phi) is 5.97. The molecule has 0 bridgehead atoms. The Morgan fingerprint density at radius 3 is 2.80 bits per heavy atom. The number of carbonyl (C=O) groups is 2. The number of benzene rings is 2. The zero-order valence-corrected chi connectivity index (χ0v) is 17.1. The van der Waals surface area contributed by atoms with Crippen LogP contribution in [0.15, 0.2) is 54.6 Å². The number of nitrogens with two attached hydrogens (primary N) is 1. The fraction of sp³-hybridized carbons (Fsp3) is 0.261. The summed E-state index contributed by atoms with van der Waals surface area (Å²) in [4.78, 5) is 31.2. The molecule has 2 aromatic carbocycles. The Hall–Kier alpha value is -2.96. The summed E-state index contributed by atoms with van der Waals surface area (Å²) in [6.45, 7) is 1.33. The molecule has 2 amide bonds. The number of pyridine rings is 1. The molecule has 1 aliphatic rings. The fourth-order valence-electron chi connectivity index (χ4n) is 3.72. The molecule has 154 valence electrons. The Morgan fingerprint density at radius 2 is 2.00 bits per heavy atom. The van der Waals surface area contributed by atoms with E-state index in [-0.39, 0.29) is 5.91 Å². The number of fused-ring (bicyclic) bond motifs is 1. The van der Waals surface area contributed by atoms with Gasteiger partial charge in [0, 0.05) is 23.4 Å². The molecule has 3 aromatic rings. The molecule has 1 aromatic heterocycles. The van der Waals surface area contributed by atoms with Crippen molar-refractivity contribution in [3.05, 3.63) is 76.4 Å². The normalized spacial score (nSPS) is 16.6.